The summed E-state index contributed by atoms with van der Waals surface area (Å²) in [7, 11) is 0. The maximum absolute atomic E-state index is 10.2. The molecule has 0 bridgehead atoms. The fourth-order valence-electron chi connectivity index (χ4n) is 2.92. The van der Waals surface area contributed by atoms with Gasteiger partial charge in [-0.15, -0.1) is 0 Å². The highest BCUT2D eigenvalue weighted by Crippen LogP contribution is 2.25. The van der Waals surface area contributed by atoms with E-state index in [1.165, 1.54) is 21.7 Å². The predicted molar refractivity (Wildman–Crippen MR) is 75.7 cm³/mol. The summed E-state index contributed by atoms with van der Waals surface area (Å²) in [6.45, 7) is 0. The number of hydrogen-bond donors (Lipinski definition) is 1. The molecule has 2 aliphatic rings. The number of rotatable bonds is 0. The van der Waals surface area contributed by atoms with E-state index in [-0.39, 0.29) is 0 Å². The lowest BCUT2D eigenvalue weighted by Gasteiger charge is -2.12. The number of aromatic hydroxyl groups is 1. The molecule has 0 saturated heterocycles. The van der Waals surface area contributed by atoms with Gasteiger partial charge in [-0.2, -0.15) is 0 Å². The van der Waals surface area contributed by atoms with E-state index < -0.39 is 0 Å². The summed E-state index contributed by atoms with van der Waals surface area (Å²) in [6, 6.07) is 6.22. The SMILES string of the molecule is Oc1cc2c3c(ccc2c2c1=CC=CC2)=CC=C3. The Kier molecular flexibility index (Phi) is 1.81. The number of phenolic OH excluding ortho intramolecular Hbond substituents is 1. The lowest BCUT2D eigenvalue weighted by atomic mass is 9.93. The summed E-state index contributed by atoms with van der Waals surface area (Å²) in [4.78, 5) is 0. The minimum atomic E-state index is 0.385. The van der Waals surface area contributed by atoms with Gasteiger partial charge in [-0.25, -0.2) is 0 Å². The minimum absolute atomic E-state index is 0.385. The van der Waals surface area contributed by atoms with Crippen LogP contribution in [-0.2, 0) is 6.42 Å². The van der Waals surface area contributed by atoms with Crippen molar-refractivity contribution < 1.29 is 5.11 Å². The van der Waals surface area contributed by atoms with Crippen molar-refractivity contribution in [1.82, 2.24) is 0 Å². The van der Waals surface area contributed by atoms with Gasteiger partial charge in [0.25, 0.3) is 0 Å². The van der Waals surface area contributed by atoms with Crippen molar-refractivity contribution in [3.05, 3.63) is 58.0 Å². The third-order valence-corrected chi connectivity index (χ3v) is 3.79. The van der Waals surface area contributed by atoms with Crippen LogP contribution in [0.4, 0.5) is 0 Å². The van der Waals surface area contributed by atoms with Gasteiger partial charge in [0.1, 0.15) is 5.75 Å². The zero-order valence-corrected chi connectivity index (χ0v) is 9.85. The summed E-state index contributed by atoms with van der Waals surface area (Å²) >= 11 is 0. The molecule has 2 aromatic rings. The molecule has 2 aromatic carbocycles. The Morgan fingerprint density at radius 2 is 1.94 bits per heavy atom. The summed E-state index contributed by atoms with van der Waals surface area (Å²) in [5, 5.41) is 14.8. The van der Waals surface area contributed by atoms with E-state index >= 15 is 0 Å². The molecule has 0 saturated carbocycles. The third kappa shape index (κ3) is 1.16. The van der Waals surface area contributed by atoms with E-state index in [1.54, 1.807) is 0 Å². The van der Waals surface area contributed by atoms with Crippen molar-refractivity contribution in [2.45, 2.75) is 6.42 Å². The van der Waals surface area contributed by atoms with Crippen LogP contribution in [0.5, 0.6) is 5.75 Å². The normalized spacial score (nSPS) is 15.1. The quantitative estimate of drug-likeness (QED) is 0.738. The smallest absolute Gasteiger partial charge is 0.123 e. The molecule has 0 aromatic heterocycles. The number of fused-ring (bicyclic) bond motifs is 5. The van der Waals surface area contributed by atoms with Crippen LogP contribution in [0.3, 0.4) is 0 Å². The molecule has 2 aliphatic carbocycles. The zero-order valence-electron chi connectivity index (χ0n) is 9.85. The maximum atomic E-state index is 10.2. The molecule has 1 nitrogen and oxygen atoms in total. The third-order valence-electron chi connectivity index (χ3n) is 3.79. The second-order valence-electron chi connectivity index (χ2n) is 4.78. The summed E-state index contributed by atoms with van der Waals surface area (Å²) < 4.78 is 0. The Balaban J connectivity index is 2.26. The van der Waals surface area contributed by atoms with Crippen LogP contribution in [0.25, 0.3) is 29.0 Å². The van der Waals surface area contributed by atoms with Crippen molar-refractivity contribution in [3.8, 4) is 5.75 Å². The second kappa shape index (κ2) is 3.36. The Hall–Kier alpha value is -2.28. The highest BCUT2D eigenvalue weighted by molar-refractivity contribution is 5.96. The van der Waals surface area contributed by atoms with Gasteiger partial charge in [-0.3, -0.25) is 0 Å². The van der Waals surface area contributed by atoms with E-state index in [1.807, 2.05) is 18.2 Å². The first-order valence-corrected chi connectivity index (χ1v) is 6.17. The highest BCUT2D eigenvalue weighted by Gasteiger charge is 2.12. The maximum Gasteiger partial charge on any atom is 0.123 e. The van der Waals surface area contributed by atoms with Gasteiger partial charge in [-0.1, -0.05) is 48.6 Å². The first-order chi connectivity index (χ1) is 8.84. The Morgan fingerprint density at radius 1 is 1.00 bits per heavy atom. The average molecular weight is 232 g/mol. The summed E-state index contributed by atoms with van der Waals surface area (Å²) in [5.41, 5.74) is 2.45. The minimum Gasteiger partial charge on any atom is -0.507 e. The standard InChI is InChI=1S/C17H12O/c18-17-10-16-12-7-3-4-11(12)8-9-14(16)13-5-1-2-6-15(13)17/h1-4,6-10,18H,5H2. The van der Waals surface area contributed by atoms with Gasteiger partial charge in [0.2, 0.25) is 0 Å². The molecule has 0 fully saturated rings. The molecule has 86 valence electrons. The molecule has 0 radical (unpaired) electrons. The molecule has 4 rings (SSSR count). The molecule has 0 heterocycles. The van der Waals surface area contributed by atoms with Crippen molar-refractivity contribution >= 4 is 29.0 Å². The molecule has 0 unspecified atom stereocenters. The molecule has 0 atom stereocenters. The molecule has 0 aliphatic heterocycles. The molecule has 0 amide bonds. The molecule has 1 heteroatoms. The summed E-state index contributed by atoms with van der Waals surface area (Å²) in [5.74, 6) is 0.385. The van der Waals surface area contributed by atoms with E-state index in [2.05, 4.69) is 36.4 Å². The first-order valence-electron chi connectivity index (χ1n) is 6.17. The van der Waals surface area contributed by atoms with Crippen molar-refractivity contribution in [1.29, 1.82) is 0 Å². The molecule has 1 N–H and O–H groups in total. The van der Waals surface area contributed by atoms with Crippen molar-refractivity contribution in [3.63, 3.8) is 0 Å². The molecular weight excluding hydrogens is 220 g/mol. The molecular formula is C17H12O. The largest absolute Gasteiger partial charge is 0.507 e. The van der Waals surface area contributed by atoms with Crippen molar-refractivity contribution in [2.75, 3.05) is 0 Å². The summed E-state index contributed by atoms with van der Waals surface area (Å²) in [6.07, 6.45) is 13.3. The van der Waals surface area contributed by atoms with E-state index in [0.29, 0.717) is 5.75 Å². The highest BCUT2D eigenvalue weighted by atomic mass is 16.3. The lowest BCUT2D eigenvalue weighted by molar-refractivity contribution is 0.471. The predicted octanol–water partition coefficient (Wildman–Crippen LogP) is 2.25. The van der Waals surface area contributed by atoms with Crippen LogP contribution in [0.1, 0.15) is 11.1 Å². The zero-order chi connectivity index (χ0) is 12.1. The van der Waals surface area contributed by atoms with Crippen LogP contribution in [-0.4, -0.2) is 5.11 Å². The first kappa shape index (κ1) is 9.72. The number of allylic oxidation sites excluding steroid dienone is 3. The fourth-order valence-corrected chi connectivity index (χ4v) is 2.92. The number of benzene rings is 2. The van der Waals surface area contributed by atoms with Gasteiger partial charge >= 0.3 is 0 Å². The molecule has 18 heavy (non-hydrogen) atoms. The Bertz CT molecular complexity index is 852. The van der Waals surface area contributed by atoms with Gasteiger partial charge in [0.15, 0.2) is 0 Å². The number of phenols is 1. The van der Waals surface area contributed by atoms with Crippen LogP contribution in [0, 0.1) is 0 Å². The Morgan fingerprint density at radius 3 is 2.89 bits per heavy atom. The van der Waals surface area contributed by atoms with E-state index in [4.69, 9.17) is 0 Å². The topological polar surface area (TPSA) is 20.2 Å². The van der Waals surface area contributed by atoms with Gasteiger partial charge in [0, 0.05) is 5.22 Å². The average Bonchev–Trinajstić information content (AvgIpc) is 2.88. The van der Waals surface area contributed by atoms with E-state index in [0.717, 1.165) is 17.0 Å². The van der Waals surface area contributed by atoms with Crippen LogP contribution in [0.2, 0.25) is 0 Å². The van der Waals surface area contributed by atoms with Gasteiger partial charge in [-0.05, 0) is 39.6 Å². The van der Waals surface area contributed by atoms with Gasteiger partial charge in [0.05, 0.1) is 0 Å². The van der Waals surface area contributed by atoms with Crippen LogP contribution < -0.4 is 10.4 Å². The van der Waals surface area contributed by atoms with Crippen LogP contribution >= 0.6 is 0 Å². The van der Waals surface area contributed by atoms with Crippen molar-refractivity contribution in [2.24, 2.45) is 0 Å². The van der Waals surface area contributed by atoms with E-state index in [9.17, 15) is 5.11 Å². The monoisotopic (exact) mass is 232 g/mol. The van der Waals surface area contributed by atoms with Crippen LogP contribution in [0.15, 0.2) is 36.4 Å². The van der Waals surface area contributed by atoms with Gasteiger partial charge < -0.3 is 5.11 Å². The Labute approximate surface area is 105 Å². The number of hydrogen-bond acceptors (Lipinski definition) is 1. The lowest BCUT2D eigenvalue weighted by Crippen LogP contribution is -2.13. The molecule has 0 spiro atoms. The fraction of sp³-hybridized carbons (Fsp3) is 0.0588. The second-order valence-corrected chi connectivity index (χ2v) is 4.78.